The van der Waals surface area contributed by atoms with Crippen LogP contribution in [0.5, 0.6) is 0 Å². The molecule has 4 rings (SSSR count). The van der Waals surface area contributed by atoms with Gasteiger partial charge in [-0.05, 0) is 24.6 Å². The lowest BCUT2D eigenvalue weighted by Gasteiger charge is -2.24. The maximum absolute atomic E-state index is 14.1. The van der Waals surface area contributed by atoms with Crippen LogP contribution in [0, 0.1) is 15.9 Å². The molecule has 0 bridgehead atoms. The molecule has 162 valence electrons. The van der Waals surface area contributed by atoms with E-state index in [1.807, 2.05) is 0 Å². The van der Waals surface area contributed by atoms with Gasteiger partial charge in [-0.2, -0.15) is 0 Å². The predicted octanol–water partition coefficient (Wildman–Crippen LogP) is 2.46. The number of allylic oxidation sites excluding steroid dienone is 1. The molecule has 1 aliphatic rings. The SMILES string of the molecule is COC(=O)C1=C(C)N=c2sc(=Cc3ccccc3F)c(=O)n2C1c1cccc([N+](=O)[O-])c1. The number of carbonyl (C=O) groups excluding carboxylic acids is 1. The Hall–Kier alpha value is -3.92. The van der Waals surface area contributed by atoms with Gasteiger partial charge in [0.1, 0.15) is 5.82 Å². The van der Waals surface area contributed by atoms with Crippen molar-refractivity contribution in [1.82, 2.24) is 4.57 Å². The lowest BCUT2D eigenvalue weighted by atomic mass is 9.95. The van der Waals surface area contributed by atoms with E-state index >= 15 is 0 Å². The minimum atomic E-state index is -0.985. The summed E-state index contributed by atoms with van der Waals surface area (Å²) < 4.78 is 20.5. The number of rotatable bonds is 4. The minimum absolute atomic E-state index is 0.0952. The van der Waals surface area contributed by atoms with Gasteiger partial charge in [0.05, 0.1) is 33.9 Å². The molecule has 32 heavy (non-hydrogen) atoms. The highest BCUT2D eigenvalue weighted by atomic mass is 32.1. The number of nitro benzene ring substituents is 1. The number of esters is 1. The molecule has 3 aromatic rings. The van der Waals surface area contributed by atoms with Crippen molar-refractivity contribution in [2.75, 3.05) is 7.11 Å². The maximum Gasteiger partial charge on any atom is 0.338 e. The van der Waals surface area contributed by atoms with Crippen LogP contribution in [0.4, 0.5) is 10.1 Å². The van der Waals surface area contributed by atoms with Crippen molar-refractivity contribution in [3.63, 3.8) is 0 Å². The fourth-order valence-corrected chi connectivity index (χ4v) is 4.59. The molecule has 1 aliphatic heterocycles. The van der Waals surface area contributed by atoms with Gasteiger partial charge >= 0.3 is 5.97 Å². The number of aromatic nitrogens is 1. The van der Waals surface area contributed by atoms with Crippen LogP contribution in [0.1, 0.15) is 24.1 Å². The summed E-state index contributed by atoms with van der Waals surface area (Å²) in [6.45, 7) is 1.60. The minimum Gasteiger partial charge on any atom is -0.466 e. The Morgan fingerprint density at radius 1 is 1.28 bits per heavy atom. The van der Waals surface area contributed by atoms with Gasteiger partial charge in [0.25, 0.3) is 11.2 Å². The van der Waals surface area contributed by atoms with Crippen molar-refractivity contribution < 1.29 is 18.8 Å². The topological polar surface area (TPSA) is 104 Å². The van der Waals surface area contributed by atoms with Gasteiger partial charge in [0, 0.05) is 17.7 Å². The first kappa shape index (κ1) is 21.3. The molecule has 2 aromatic carbocycles. The quantitative estimate of drug-likeness (QED) is 0.343. The van der Waals surface area contributed by atoms with E-state index in [0.29, 0.717) is 16.1 Å². The van der Waals surface area contributed by atoms with Crippen molar-refractivity contribution in [1.29, 1.82) is 0 Å². The zero-order valence-corrected chi connectivity index (χ0v) is 17.8. The van der Waals surface area contributed by atoms with Crippen molar-refractivity contribution in [2.45, 2.75) is 13.0 Å². The summed E-state index contributed by atoms with van der Waals surface area (Å²) in [4.78, 5) is 41.4. The van der Waals surface area contributed by atoms with Crippen molar-refractivity contribution in [3.8, 4) is 0 Å². The molecule has 0 saturated carbocycles. The molecule has 0 radical (unpaired) electrons. The number of methoxy groups -OCH3 is 1. The average molecular weight is 453 g/mol. The third-order valence-corrected chi connectivity index (χ3v) is 6.00. The third-order valence-electron chi connectivity index (χ3n) is 5.02. The average Bonchev–Trinajstić information content (AvgIpc) is 3.08. The summed E-state index contributed by atoms with van der Waals surface area (Å²) >= 11 is 1.04. The van der Waals surface area contributed by atoms with Crippen LogP contribution in [-0.2, 0) is 9.53 Å². The molecular formula is C22H16FN3O5S. The summed E-state index contributed by atoms with van der Waals surface area (Å²) in [5.41, 5.74) is 0.322. The Kier molecular flexibility index (Phi) is 5.54. The zero-order valence-electron chi connectivity index (χ0n) is 16.9. The molecule has 2 heterocycles. The maximum atomic E-state index is 14.1. The van der Waals surface area contributed by atoms with E-state index in [2.05, 4.69) is 4.99 Å². The van der Waals surface area contributed by atoms with Gasteiger partial charge in [0.2, 0.25) is 0 Å². The number of thiazole rings is 1. The van der Waals surface area contributed by atoms with Crippen LogP contribution >= 0.6 is 11.3 Å². The molecule has 1 unspecified atom stereocenters. The lowest BCUT2D eigenvalue weighted by molar-refractivity contribution is -0.384. The third kappa shape index (κ3) is 3.65. The highest BCUT2D eigenvalue weighted by molar-refractivity contribution is 7.07. The second-order valence-corrected chi connectivity index (χ2v) is 7.96. The Balaban J connectivity index is 2.01. The van der Waals surface area contributed by atoms with Gasteiger partial charge in [-0.1, -0.05) is 41.7 Å². The Bertz CT molecular complexity index is 1470. The monoisotopic (exact) mass is 453 g/mol. The Morgan fingerprint density at radius 3 is 2.72 bits per heavy atom. The van der Waals surface area contributed by atoms with Crippen LogP contribution < -0.4 is 14.9 Å². The molecule has 0 saturated heterocycles. The van der Waals surface area contributed by atoms with Crippen molar-refractivity contribution in [2.24, 2.45) is 4.99 Å². The van der Waals surface area contributed by atoms with Crippen LogP contribution in [0.3, 0.4) is 0 Å². The first-order chi connectivity index (χ1) is 15.3. The van der Waals surface area contributed by atoms with E-state index < -0.39 is 28.3 Å². The van der Waals surface area contributed by atoms with Gasteiger partial charge in [-0.15, -0.1) is 0 Å². The first-order valence-corrected chi connectivity index (χ1v) is 10.2. The molecule has 1 atom stereocenters. The molecule has 0 spiro atoms. The summed E-state index contributed by atoms with van der Waals surface area (Å²) in [6, 6.07) is 10.7. The second-order valence-electron chi connectivity index (χ2n) is 6.95. The largest absolute Gasteiger partial charge is 0.466 e. The van der Waals surface area contributed by atoms with E-state index in [9.17, 15) is 24.1 Å². The Labute approximate surface area is 184 Å². The predicted molar refractivity (Wildman–Crippen MR) is 115 cm³/mol. The fourth-order valence-electron chi connectivity index (χ4n) is 3.55. The number of halogens is 1. The number of carbonyl (C=O) groups is 1. The molecule has 0 fully saturated rings. The molecule has 0 N–H and O–H groups in total. The first-order valence-electron chi connectivity index (χ1n) is 9.41. The Morgan fingerprint density at radius 2 is 2.03 bits per heavy atom. The molecule has 10 heteroatoms. The van der Waals surface area contributed by atoms with Crippen LogP contribution in [-0.4, -0.2) is 22.6 Å². The van der Waals surface area contributed by atoms with E-state index in [4.69, 9.17) is 4.74 Å². The molecule has 0 aliphatic carbocycles. The molecule has 8 nitrogen and oxygen atoms in total. The number of non-ortho nitro benzene ring substituents is 1. The standard InChI is InChI=1S/C22H16FN3O5S/c1-12-18(21(28)31-2)19(14-7-5-8-15(10-14)26(29)30)25-20(27)17(32-22(25)24-12)11-13-6-3-4-9-16(13)23/h3-11,19H,1-2H3. The van der Waals surface area contributed by atoms with Gasteiger partial charge in [-0.3, -0.25) is 19.5 Å². The van der Waals surface area contributed by atoms with Gasteiger partial charge < -0.3 is 4.74 Å². The zero-order chi connectivity index (χ0) is 23.0. The summed E-state index contributed by atoms with van der Waals surface area (Å²) in [6.07, 6.45) is 1.42. The van der Waals surface area contributed by atoms with Crippen molar-refractivity contribution >= 4 is 29.1 Å². The smallest absolute Gasteiger partial charge is 0.338 e. The summed E-state index contributed by atoms with van der Waals surface area (Å²) in [7, 11) is 1.20. The molecule has 1 aromatic heterocycles. The number of nitrogens with zero attached hydrogens (tertiary/aromatic N) is 3. The van der Waals surface area contributed by atoms with Crippen LogP contribution in [0.15, 0.2) is 69.6 Å². The van der Waals surface area contributed by atoms with Crippen molar-refractivity contribution in [3.05, 3.63) is 107 Å². The lowest BCUT2D eigenvalue weighted by Crippen LogP contribution is -2.39. The summed E-state index contributed by atoms with van der Waals surface area (Å²) in [5, 5.41) is 11.3. The highest BCUT2D eigenvalue weighted by Crippen LogP contribution is 2.32. The summed E-state index contributed by atoms with van der Waals surface area (Å²) in [5.74, 6) is -1.19. The van der Waals surface area contributed by atoms with Gasteiger partial charge in [-0.25, -0.2) is 14.2 Å². The number of ether oxygens (including phenoxy) is 1. The molecule has 0 amide bonds. The number of hydrogen-bond donors (Lipinski definition) is 0. The van der Waals surface area contributed by atoms with E-state index in [-0.39, 0.29) is 21.4 Å². The van der Waals surface area contributed by atoms with Crippen LogP contribution in [0.2, 0.25) is 0 Å². The number of hydrogen-bond acceptors (Lipinski definition) is 7. The normalized spacial score (nSPS) is 15.8. The van der Waals surface area contributed by atoms with Gasteiger partial charge in [0.15, 0.2) is 4.80 Å². The van der Waals surface area contributed by atoms with E-state index in [1.54, 1.807) is 25.1 Å². The number of nitro groups is 1. The highest BCUT2D eigenvalue weighted by Gasteiger charge is 2.33. The van der Waals surface area contributed by atoms with E-state index in [0.717, 1.165) is 11.3 Å². The van der Waals surface area contributed by atoms with E-state index in [1.165, 1.54) is 48.1 Å². The molecular weight excluding hydrogens is 437 g/mol. The number of benzene rings is 2. The number of fused-ring (bicyclic) bond motifs is 1. The fraction of sp³-hybridized carbons (Fsp3) is 0.136. The second kappa shape index (κ2) is 8.31. The van der Waals surface area contributed by atoms with Crippen LogP contribution in [0.25, 0.3) is 6.08 Å².